The van der Waals surface area contributed by atoms with Crippen LogP contribution in [0.4, 0.5) is 18.3 Å². The third kappa shape index (κ3) is 3.81. The lowest BCUT2D eigenvalue weighted by atomic mass is 10.0. The number of nitrogens with two attached hydrogens (primary N) is 1. The number of rotatable bonds is 5. The van der Waals surface area contributed by atoms with Gasteiger partial charge in [0.15, 0.2) is 5.13 Å². The second-order valence-electron chi connectivity index (χ2n) is 6.36. The van der Waals surface area contributed by atoms with Crippen molar-refractivity contribution in [3.8, 4) is 11.3 Å². The van der Waals surface area contributed by atoms with E-state index in [1.807, 2.05) is 0 Å². The molecule has 29 heavy (non-hydrogen) atoms. The first kappa shape index (κ1) is 19.0. The summed E-state index contributed by atoms with van der Waals surface area (Å²) in [6, 6.07) is 7.72. The van der Waals surface area contributed by atoms with Gasteiger partial charge in [0.1, 0.15) is 22.3 Å². The average molecular weight is 416 g/mol. The number of hydrogen-bond acceptors (Lipinski definition) is 4. The highest BCUT2D eigenvalue weighted by Crippen LogP contribution is 2.32. The van der Waals surface area contributed by atoms with Crippen LogP contribution in [0.15, 0.2) is 42.6 Å². The maximum absolute atomic E-state index is 14.3. The van der Waals surface area contributed by atoms with E-state index in [1.165, 1.54) is 24.4 Å². The monoisotopic (exact) mass is 416 g/mol. The number of benzene rings is 2. The summed E-state index contributed by atoms with van der Waals surface area (Å²) >= 11 is 1.07. The van der Waals surface area contributed by atoms with Crippen molar-refractivity contribution < 1.29 is 18.0 Å². The van der Waals surface area contributed by atoms with Crippen molar-refractivity contribution in [2.75, 3.05) is 12.3 Å². The third-order valence-corrected chi connectivity index (χ3v) is 5.30. The average Bonchev–Trinajstić information content (AvgIpc) is 3.27. The lowest BCUT2D eigenvalue weighted by molar-refractivity contribution is 0.0958. The number of anilines is 1. The van der Waals surface area contributed by atoms with E-state index in [0.29, 0.717) is 33.5 Å². The zero-order chi connectivity index (χ0) is 20.5. The van der Waals surface area contributed by atoms with E-state index in [9.17, 15) is 18.0 Å². The Morgan fingerprint density at radius 1 is 1.14 bits per heavy atom. The maximum atomic E-state index is 14.3. The number of aromatic nitrogens is 2. The molecule has 9 heteroatoms. The second kappa shape index (κ2) is 7.59. The Kier molecular flexibility index (Phi) is 4.98. The molecule has 0 aliphatic rings. The van der Waals surface area contributed by atoms with Gasteiger partial charge in [-0.2, -0.15) is 0 Å². The number of aromatic amines is 1. The highest BCUT2D eigenvalue weighted by Gasteiger charge is 2.18. The molecule has 0 radical (unpaired) electrons. The van der Waals surface area contributed by atoms with Crippen molar-refractivity contribution in [2.24, 2.45) is 0 Å². The predicted molar refractivity (Wildman–Crippen MR) is 106 cm³/mol. The van der Waals surface area contributed by atoms with Crippen LogP contribution < -0.4 is 11.1 Å². The van der Waals surface area contributed by atoms with Gasteiger partial charge in [0.25, 0.3) is 5.91 Å². The molecule has 0 aliphatic carbocycles. The normalized spacial score (nSPS) is 11.1. The van der Waals surface area contributed by atoms with Gasteiger partial charge in [0.05, 0.1) is 11.7 Å². The van der Waals surface area contributed by atoms with Crippen LogP contribution in [0.25, 0.3) is 22.2 Å². The second-order valence-corrected chi connectivity index (χ2v) is 7.43. The number of nitrogens with one attached hydrogen (secondary N) is 2. The molecule has 0 spiro atoms. The van der Waals surface area contributed by atoms with Crippen molar-refractivity contribution in [2.45, 2.75) is 6.42 Å². The lowest BCUT2D eigenvalue weighted by Gasteiger charge is -2.07. The number of carbonyl (C=O) groups excluding carboxylic acids is 1. The first-order chi connectivity index (χ1) is 13.9. The van der Waals surface area contributed by atoms with Gasteiger partial charge >= 0.3 is 0 Å². The standard InChI is InChI=1S/C20H15F3N4OS/c21-11-3-1-10(2-4-11)17-13(14-7-12(22)8-15(23)18(14)27-17)5-6-25-19(28)16-9-26-20(24)29-16/h1-4,7-9,27H,5-6H2,(H2,24,26)(H,25,28). The van der Waals surface area contributed by atoms with E-state index in [0.717, 1.165) is 17.4 Å². The minimum atomic E-state index is -0.723. The fourth-order valence-electron chi connectivity index (χ4n) is 3.18. The zero-order valence-electron chi connectivity index (χ0n) is 14.9. The molecule has 2 aromatic heterocycles. The molecule has 5 nitrogen and oxygen atoms in total. The summed E-state index contributed by atoms with van der Waals surface area (Å²) in [5.74, 6) is -2.16. The highest BCUT2D eigenvalue weighted by atomic mass is 32.1. The smallest absolute Gasteiger partial charge is 0.263 e. The van der Waals surface area contributed by atoms with Crippen LogP contribution in [-0.2, 0) is 6.42 Å². The number of nitrogen functional groups attached to an aromatic ring is 1. The van der Waals surface area contributed by atoms with Gasteiger partial charge in [-0.1, -0.05) is 11.3 Å². The molecule has 148 valence electrons. The molecule has 0 saturated carbocycles. The third-order valence-electron chi connectivity index (χ3n) is 4.47. The summed E-state index contributed by atoms with van der Waals surface area (Å²) in [5, 5.41) is 3.41. The van der Waals surface area contributed by atoms with E-state index in [4.69, 9.17) is 5.73 Å². The number of fused-ring (bicyclic) bond motifs is 1. The van der Waals surface area contributed by atoms with E-state index in [1.54, 1.807) is 12.1 Å². The van der Waals surface area contributed by atoms with Crippen LogP contribution >= 0.6 is 11.3 Å². The number of nitrogens with zero attached hydrogens (tertiary/aromatic N) is 1. The SMILES string of the molecule is Nc1ncc(C(=O)NCCc2c(-c3ccc(F)cc3)[nH]c3c(F)cc(F)cc23)s1. The van der Waals surface area contributed by atoms with Crippen LogP contribution in [0.3, 0.4) is 0 Å². The molecule has 4 N–H and O–H groups in total. The number of hydrogen-bond donors (Lipinski definition) is 3. The Bertz CT molecular complexity index is 1200. The molecule has 0 saturated heterocycles. The topological polar surface area (TPSA) is 83.8 Å². The van der Waals surface area contributed by atoms with Gasteiger partial charge < -0.3 is 16.0 Å². The van der Waals surface area contributed by atoms with Crippen molar-refractivity contribution in [1.29, 1.82) is 0 Å². The number of thiazole rings is 1. The lowest BCUT2D eigenvalue weighted by Crippen LogP contribution is -2.25. The summed E-state index contributed by atoms with van der Waals surface area (Å²) in [6.07, 6.45) is 1.69. The molecule has 0 atom stereocenters. The van der Waals surface area contributed by atoms with Crippen LogP contribution in [0, 0.1) is 17.5 Å². The molecule has 0 unspecified atom stereocenters. The van der Waals surface area contributed by atoms with Crippen molar-refractivity contribution in [1.82, 2.24) is 15.3 Å². The number of H-pyrrole nitrogens is 1. The fraction of sp³-hybridized carbons (Fsp3) is 0.100. The molecule has 2 aromatic carbocycles. The molecule has 4 rings (SSSR count). The largest absolute Gasteiger partial charge is 0.375 e. The van der Waals surface area contributed by atoms with Crippen LogP contribution in [0.1, 0.15) is 15.2 Å². The molecular formula is C20H15F3N4OS. The molecule has 0 aliphatic heterocycles. The Hall–Kier alpha value is -3.33. The van der Waals surface area contributed by atoms with Crippen molar-refractivity contribution >= 4 is 33.3 Å². The molecule has 1 amide bonds. The van der Waals surface area contributed by atoms with E-state index >= 15 is 0 Å². The van der Waals surface area contributed by atoms with Crippen LogP contribution in [0.5, 0.6) is 0 Å². The number of carbonyl (C=O) groups is 1. The number of amides is 1. The fourth-order valence-corrected chi connectivity index (χ4v) is 3.78. The summed E-state index contributed by atoms with van der Waals surface area (Å²) in [7, 11) is 0. The van der Waals surface area contributed by atoms with E-state index in [2.05, 4.69) is 15.3 Å². The molecule has 0 bridgehead atoms. The summed E-state index contributed by atoms with van der Waals surface area (Å²) in [6.45, 7) is 0.218. The van der Waals surface area contributed by atoms with Gasteiger partial charge in [-0.3, -0.25) is 4.79 Å². The maximum Gasteiger partial charge on any atom is 0.263 e. The van der Waals surface area contributed by atoms with Crippen LogP contribution in [-0.4, -0.2) is 22.4 Å². The molecule has 0 fully saturated rings. The van der Waals surface area contributed by atoms with Gasteiger partial charge in [0.2, 0.25) is 0 Å². The highest BCUT2D eigenvalue weighted by molar-refractivity contribution is 7.17. The van der Waals surface area contributed by atoms with Crippen molar-refractivity contribution in [3.05, 3.63) is 70.5 Å². The number of halogens is 3. The van der Waals surface area contributed by atoms with Crippen LogP contribution in [0.2, 0.25) is 0 Å². The minimum absolute atomic E-state index is 0.155. The first-order valence-electron chi connectivity index (χ1n) is 8.67. The summed E-state index contributed by atoms with van der Waals surface area (Å²) < 4.78 is 41.4. The Morgan fingerprint density at radius 2 is 1.90 bits per heavy atom. The van der Waals surface area contributed by atoms with Gasteiger partial charge in [-0.15, -0.1) is 0 Å². The Morgan fingerprint density at radius 3 is 2.59 bits per heavy atom. The van der Waals surface area contributed by atoms with Gasteiger partial charge in [-0.25, -0.2) is 18.2 Å². The Labute approximate surface area is 167 Å². The Balaban J connectivity index is 1.66. The quantitative estimate of drug-likeness (QED) is 0.455. The zero-order valence-corrected chi connectivity index (χ0v) is 15.7. The van der Waals surface area contributed by atoms with E-state index < -0.39 is 17.5 Å². The molecule has 2 heterocycles. The first-order valence-corrected chi connectivity index (χ1v) is 9.49. The minimum Gasteiger partial charge on any atom is -0.375 e. The van der Waals surface area contributed by atoms with Crippen molar-refractivity contribution in [3.63, 3.8) is 0 Å². The van der Waals surface area contributed by atoms with Gasteiger partial charge in [-0.05, 0) is 47.9 Å². The molecular weight excluding hydrogens is 401 g/mol. The van der Waals surface area contributed by atoms with E-state index in [-0.39, 0.29) is 23.1 Å². The predicted octanol–water partition coefficient (Wildman–Crippen LogP) is 4.26. The summed E-state index contributed by atoms with van der Waals surface area (Å²) in [4.78, 5) is 19.4. The summed E-state index contributed by atoms with van der Waals surface area (Å²) in [5.41, 5.74) is 7.47. The van der Waals surface area contributed by atoms with Gasteiger partial charge in [0, 0.05) is 23.7 Å². The molecule has 4 aromatic rings.